The molecule has 0 spiro atoms. The summed E-state index contributed by atoms with van der Waals surface area (Å²) in [5.74, 6) is 0.727. The Bertz CT molecular complexity index is 1020. The molecular formula is C24H33FN6O3. The van der Waals surface area contributed by atoms with Crippen LogP contribution >= 0.6 is 0 Å². The Labute approximate surface area is 199 Å². The predicted octanol–water partition coefficient (Wildman–Crippen LogP) is 4.89. The monoisotopic (exact) mass is 472 g/mol. The van der Waals surface area contributed by atoms with Crippen molar-refractivity contribution < 1.29 is 18.7 Å². The third-order valence-corrected chi connectivity index (χ3v) is 3.67. The quantitative estimate of drug-likeness (QED) is 0.451. The molecule has 3 heterocycles. The smallest absolute Gasteiger partial charge is 0.255 e. The van der Waals surface area contributed by atoms with Gasteiger partial charge in [0.15, 0.2) is 11.7 Å². The van der Waals surface area contributed by atoms with E-state index in [9.17, 15) is 4.39 Å². The van der Waals surface area contributed by atoms with Gasteiger partial charge in [0, 0.05) is 25.4 Å². The highest BCUT2D eigenvalue weighted by atomic mass is 19.1. The average Bonchev–Trinajstić information content (AvgIpc) is 3.56. The summed E-state index contributed by atoms with van der Waals surface area (Å²) in [5.41, 5.74) is 8.41. The van der Waals surface area contributed by atoms with Crippen LogP contribution in [0.25, 0.3) is 11.5 Å². The zero-order valence-corrected chi connectivity index (χ0v) is 20.5. The van der Waals surface area contributed by atoms with Crippen LogP contribution in [0.1, 0.15) is 40.2 Å². The molecule has 34 heavy (non-hydrogen) atoms. The molecule has 0 unspecified atom stereocenters. The maximum absolute atomic E-state index is 14.2. The number of hydrazone groups is 1. The Morgan fingerprint density at radius 3 is 2.29 bits per heavy atom. The number of allylic oxidation sites excluding steroid dienone is 1. The van der Waals surface area contributed by atoms with Gasteiger partial charge < -0.3 is 14.3 Å². The number of aliphatic hydroxyl groups is 1. The second-order valence-corrected chi connectivity index (χ2v) is 6.60. The van der Waals surface area contributed by atoms with Crippen LogP contribution in [0, 0.1) is 5.82 Å². The molecule has 3 N–H and O–H groups in total. The summed E-state index contributed by atoms with van der Waals surface area (Å²) in [6.07, 6.45) is 4.34. The molecule has 0 amide bonds. The van der Waals surface area contributed by atoms with E-state index in [2.05, 4.69) is 32.6 Å². The number of aromatic nitrogens is 2. The van der Waals surface area contributed by atoms with Crippen molar-refractivity contribution in [2.24, 2.45) is 5.10 Å². The first-order valence-corrected chi connectivity index (χ1v) is 10.7. The Hall–Kier alpha value is -3.76. The van der Waals surface area contributed by atoms with E-state index in [1.807, 2.05) is 46.8 Å². The summed E-state index contributed by atoms with van der Waals surface area (Å²) < 4.78 is 24.9. The molecule has 10 heteroatoms. The van der Waals surface area contributed by atoms with Crippen molar-refractivity contribution in [3.8, 4) is 23.1 Å². The molecule has 0 aliphatic carbocycles. The lowest BCUT2D eigenvalue weighted by molar-refractivity contribution is 0.191. The maximum Gasteiger partial charge on any atom is 0.255 e. The molecule has 0 saturated carbocycles. The van der Waals surface area contributed by atoms with Gasteiger partial charge in [0.25, 0.3) is 5.88 Å². The van der Waals surface area contributed by atoms with Crippen molar-refractivity contribution in [2.45, 2.75) is 34.6 Å². The first-order valence-electron chi connectivity index (χ1n) is 10.7. The molecule has 0 atom stereocenters. The molecule has 3 aromatic rings. The molecule has 1 aliphatic rings. The minimum absolute atomic E-state index is 0.122. The molecule has 184 valence electrons. The van der Waals surface area contributed by atoms with E-state index in [-0.39, 0.29) is 5.88 Å². The summed E-state index contributed by atoms with van der Waals surface area (Å²) in [5, 5.41) is 12.9. The Balaban J connectivity index is 0.000000644. The van der Waals surface area contributed by atoms with Crippen molar-refractivity contribution in [1.29, 1.82) is 0 Å². The number of hydrogen-bond acceptors (Lipinski definition) is 9. The van der Waals surface area contributed by atoms with Gasteiger partial charge in [0.1, 0.15) is 12.0 Å². The van der Waals surface area contributed by atoms with E-state index < -0.39 is 5.82 Å². The van der Waals surface area contributed by atoms with Gasteiger partial charge in [0.2, 0.25) is 5.89 Å². The van der Waals surface area contributed by atoms with Gasteiger partial charge >= 0.3 is 0 Å². The molecular weight excluding hydrogens is 439 g/mol. The normalized spacial score (nSPS) is 11.7. The van der Waals surface area contributed by atoms with Crippen LogP contribution in [0.2, 0.25) is 0 Å². The summed E-state index contributed by atoms with van der Waals surface area (Å²) in [6, 6.07) is 8.35. The van der Waals surface area contributed by atoms with Gasteiger partial charge in [-0.25, -0.2) is 19.9 Å². The van der Waals surface area contributed by atoms with Crippen molar-refractivity contribution in [2.75, 3.05) is 13.7 Å². The lowest BCUT2D eigenvalue weighted by atomic mass is 10.2. The number of hydrazine groups is 2. The lowest BCUT2D eigenvalue weighted by Crippen LogP contribution is -2.41. The number of pyridine rings is 1. The Morgan fingerprint density at radius 2 is 1.79 bits per heavy atom. The van der Waals surface area contributed by atoms with Gasteiger partial charge in [-0.3, -0.25) is 5.43 Å². The SMILES string of the molecule is C=C(C)C.CC.CCN1NN=C(c2ccc(Oc3ncc(-c4ncco4)cc3F)cc2)N1.CO. The van der Waals surface area contributed by atoms with Gasteiger partial charge in [0.05, 0.1) is 11.8 Å². The number of oxazole rings is 1. The molecule has 0 fully saturated rings. The number of halogens is 1. The van der Waals surface area contributed by atoms with Gasteiger partial charge in [-0.2, -0.15) is 0 Å². The molecule has 2 aromatic heterocycles. The largest absolute Gasteiger partial charge is 0.444 e. The number of rotatable bonds is 5. The van der Waals surface area contributed by atoms with E-state index >= 15 is 0 Å². The average molecular weight is 473 g/mol. The van der Waals surface area contributed by atoms with Gasteiger partial charge in [-0.15, -0.1) is 16.8 Å². The molecule has 4 rings (SSSR count). The molecule has 0 radical (unpaired) electrons. The zero-order valence-electron chi connectivity index (χ0n) is 20.5. The maximum atomic E-state index is 14.2. The number of ether oxygens (including phenoxy) is 1. The number of hydrogen-bond donors (Lipinski definition) is 3. The highest BCUT2D eigenvalue weighted by molar-refractivity contribution is 5.98. The minimum atomic E-state index is -0.602. The van der Waals surface area contributed by atoms with Crippen molar-refractivity contribution in [1.82, 2.24) is 26.0 Å². The topological polar surface area (TPSA) is 108 Å². The fraction of sp³-hybridized carbons (Fsp3) is 0.292. The fourth-order valence-corrected chi connectivity index (χ4v) is 2.34. The molecule has 0 bridgehead atoms. The van der Waals surface area contributed by atoms with Crippen molar-refractivity contribution >= 4 is 5.84 Å². The summed E-state index contributed by atoms with van der Waals surface area (Å²) in [4.78, 5) is 7.96. The summed E-state index contributed by atoms with van der Waals surface area (Å²) in [7, 11) is 1.00. The highest BCUT2D eigenvalue weighted by Gasteiger charge is 2.15. The standard InChI is InChI=1S/C17H15FN6O2.C4H8.C2H6.CH4O/c1-2-24-22-15(21-23-24)11-3-5-13(6-4-11)26-17-14(18)9-12(10-20-17)16-19-7-8-25-16;1-4(2)3;2*1-2/h3-10,23H,2H2,1H3,(H,21,22);1H2,2-3H3;1-2H3;2H,1H3. The lowest BCUT2D eigenvalue weighted by Gasteiger charge is -2.12. The van der Waals surface area contributed by atoms with E-state index in [0.29, 0.717) is 23.0 Å². The van der Waals surface area contributed by atoms with Crippen LogP contribution in [0.15, 0.2) is 70.7 Å². The summed E-state index contributed by atoms with van der Waals surface area (Å²) in [6.45, 7) is 14.2. The van der Waals surface area contributed by atoms with E-state index in [4.69, 9.17) is 14.3 Å². The van der Waals surface area contributed by atoms with Crippen molar-refractivity contribution in [3.63, 3.8) is 0 Å². The van der Waals surface area contributed by atoms with Gasteiger partial charge in [-0.1, -0.05) is 19.4 Å². The van der Waals surface area contributed by atoms with Crippen LogP contribution in [-0.4, -0.2) is 39.7 Å². The van der Waals surface area contributed by atoms with Crippen LogP contribution in [0.3, 0.4) is 0 Å². The van der Waals surface area contributed by atoms with Crippen LogP contribution in [0.5, 0.6) is 11.6 Å². The fourth-order valence-electron chi connectivity index (χ4n) is 2.34. The molecule has 0 saturated heterocycles. The summed E-state index contributed by atoms with van der Waals surface area (Å²) >= 11 is 0. The number of aliphatic hydroxyl groups excluding tert-OH is 1. The second-order valence-electron chi connectivity index (χ2n) is 6.60. The zero-order chi connectivity index (χ0) is 25.5. The van der Waals surface area contributed by atoms with Crippen LogP contribution < -0.4 is 15.7 Å². The number of benzene rings is 1. The molecule has 9 nitrogen and oxygen atoms in total. The minimum Gasteiger partial charge on any atom is -0.444 e. The second kappa shape index (κ2) is 15.1. The van der Waals surface area contributed by atoms with Crippen LogP contribution in [0.4, 0.5) is 4.39 Å². The van der Waals surface area contributed by atoms with E-state index in [0.717, 1.165) is 19.2 Å². The highest BCUT2D eigenvalue weighted by Crippen LogP contribution is 2.26. The third kappa shape index (κ3) is 8.64. The van der Waals surface area contributed by atoms with Gasteiger partial charge in [-0.05, 0) is 51.1 Å². The van der Waals surface area contributed by atoms with Crippen molar-refractivity contribution in [3.05, 3.63) is 72.5 Å². The number of amidine groups is 1. The number of nitrogens with zero attached hydrogens (tertiary/aromatic N) is 4. The van der Waals surface area contributed by atoms with E-state index in [1.54, 1.807) is 17.3 Å². The van der Waals surface area contributed by atoms with E-state index in [1.165, 1.54) is 30.3 Å². The predicted molar refractivity (Wildman–Crippen MR) is 131 cm³/mol. The first-order chi connectivity index (χ1) is 16.5. The first kappa shape index (κ1) is 28.3. The number of nitrogens with one attached hydrogen (secondary N) is 2. The molecule has 1 aliphatic heterocycles. The molecule has 1 aromatic carbocycles. The Morgan fingerprint density at radius 1 is 1.15 bits per heavy atom. The third-order valence-electron chi connectivity index (χ3n) is 3.67. The Kier molecular flexibility index (Phi) is 12.6. The van der Waals surface area contributed by atoms with Crippen LogP contribution in [-0.2, 0) is 0 Å².